The van der Waals surface area contributed by atoms with E-state index in [1.54, 1.807) is 7.11 Å². The zero-order valence-corrected chi connectivity index (χ0v) is 9.51. The zero-order valence-electron chi connectivity index (χ0n) is 9.51. The molecule has 0 aromatic carbocycles. The van der Waals surface area contributed by atoms with Gasteiger partial charge in [0.05, 0.1) is 0 Å². The molecule has 1 heterocycles. The molecule has 2 fully saturated rings. The number of ether oxygens (including phenoxy) is 1. The lowest BCUT2D eigenvalue weighted by atomic mass is 9.78. The summed E-state index contributed by atoms with van der Waals surface area (Å²) in [6.45, 7) is 4.54. The fourth-order valence-corrected chi connectivity index (χ4v) is 3.11. The molecule has 1 aliphatic heterocycles. The van der Waals surface area contributed by atoms with Crippen molar-refractivity contribution < 1.29 is 4.74 Å². The Morgan fingerprint density at radius 3 is 2.79 bits per heavy atom. The van der Waals surface area contributed by atoms with Crippen LogP contribution in [0.25, 0.3) is 0 Å². The van der Waals surface area contributed by atoms with Gasteiger partial charge in [-0.05, 0) is 50.5 Å². The molecule has 2 aliphatic rings. The average molecular weight is 197 g/mol. The minimum atomic E-state index is 0.485. The quantitative estimate of drug-likeness (QED) is 0.729. The molecular formula is C12H23NO. The highest BCUT2D eigenvalue weighted by atomic mass is 16.5. The third-order valence-electron chi connectivity index (χ3n) is 4.16. The molecule has 0 aromatic heterocycles. The monoisotopic (exact) mass is 197 g/mol. The average Bonchev–Trinajstić information content (AvgIpc) is 2.94. The van der Waals surface area contributed by atoms with Crippen molar-refractivity contribution in [3.05, 3.63) is 0 Å². The summed E-state index contributed by atoms with van der Waals surface area (Å²) in [6, 6.07) is 0. The van der Waals surface area contributed by atoms with Crippen LogP contribution in [-0.4, -0.2) is 25.8 Å². The van der Waals surface area contributed by atoms with Gasteiger partial charge in [0.1, 0.15) is 0 Å². The Balaban J connectivity index is 1.95. The van der Waals surface area contributed by atoms with Gasteiger partial charge in [0.25, 0.3) is 0 Å². The van der Waals surface area contributed by atoms with Crippen molar-refractivity contribution in [3.63, 3.8) is 0 Å². The van der Waals surface area contributed by atoms with Crippen LogP contribution in [0.5, 0.6) is 0 Å². The van der Waals surface area contributed by atoms with Gasteiger partial charge in [-0.15, -0.1) is 0 Å². The van der Waals surface area contributed by atoms with Crippen LogP contribution in [0.15, 0.2) is 0 Å². The molecule has 1 aliphatic carbocycles. The van der Waals surface area contributed by atoms with Gasteiger partial charge in [0.15, 0.2) is 0 Å². The maximum Gasteiger partial charge on any atom is 0.0465 e. The first kappa shape index (κ1) is 10.4. The lowest BCUT2D eigenvalue weighted by Gasteiger charge is -2.36. The molecule has 1 saturated carbocycles. The van der Waals surface area contributed by atoms with Crippen LogP contribution in [0.3, 0.4) is 0 Å². The van der Waals surface area contributed by atoms with Crippen LogP contribution in [0, 0.1) is 11.8 Å². The zero-order chi connectivity index (χ0) is 10.0. The summed E-state index contributed by atoms with van der Waals surface area (Å²) in [6.07, 6.45) is 6.87. The van der Waals surface area contributed by atoms with Crippen molar-refractivity contribution in [2.45, 2.75) is 44.6 Å². The van der Waals surface area contributed by atoms with Crippen molar-refractivity contribution in [3.8, 4) is 0 Å². The highest BCUT2D eigenvalue weighted by Crippen LogP contribution is 2.48. The Morgan fingerprint density at radius 1 is 1.50 bits per heavy atom. The molecule has 0 spiro atoms. The third-order valence-corrected chi connectivity index (χ3v) is 4.16. The van der Waals surface area contributed by atoms with E-state index in [2.05, 4.69) is 12.2 Å². The van der Waals surface area contributed by atoms with Crippen LogP contribution in [0.2, 0.25) is 0 Å². The van der Waals surface area contributed by atoms with Gasteiger partial charge in [-0.25, -0.2) is 0 Å². The topological polar surface area (TPSA) is 21.3 Å². The molecule has 82 valence electrons. The first-order valence-corrected chi connectivity index (χ1v) is 6.03. The minimum absolute atomic E-state index is 0.485. The number of hydrogen-bond acceptors (Lipinski definition) is 2. The lowest BCUT2D eigenvalue weighted by molar-refractivity contribution is 0.136. The van der Waals surface area contributed by atoms with Gasteiger partial charge in [-0.2, -0.15) is 0 Å². The highest BCUT2D eigenvalue weighted by Gasteiger charge is 2.49. The standard InChI is InChI=1S/C12H23NO/c1-10(6-9-14-2)12(11-4-5-11)7-3-8-13-12/h10-11,13H,3-9H2,1-2H3. The predicted molar refractivity (Wildman–Crippen MR) is 58.3 cm³/mol. The molecule has 2 nitrogen and oxygen atoms in total. The Bertz CT molecular complexity index is 183. The van der Waals surface area contributed by atoms with Crippen LogP contribution < -0.4 is 5.32 Å². The Hall–Kier alpha value is -0.0800. The number of hydrogen-bond donors (Lipinski definition) is 1. The molecule has 0 aromatic rings. The first-order valence-electron chi connectivity index (χ1n) is 6.03. The summed E-state index contributed by atoms with van der Waals surface area (Å²) in [7, 11) is 1.80. The summed E-state index contributed by atoms with van der Waals surface area (Å²) in [5, 5.41) is 3.79. The molecule has 2 atom stereocenters. The van der Waals surface area contributed by atoms with E-state index in [1.165, 1.54) is 38.6 Å². The molecule has 0 amide bonds. The van der Waals surface area contributed by atoms with Crippen molar-refractivity contribution in [2.75, 3.05) is 20.3 Å². The number of methoxy groups -OCH3 is 1. The second kappa shape index (κ2) is 4.19. The van der Waals surface area contributed by atoms with E-state index < -0.39 is 0 Å². The van der Waals surface area contributed by atoms with Crippen molar-refractivity contribution in [1.82, 2.24) is 5.32 Å². The normalized spacial score (nSPS) is 34.7. The van der Waals surface area contributed by atoms with E-state index in [4.69, 9.17) is 4.74 Å². The summed E-state index contributed by atoms with van der Waals surface area (Å²) < 4.78 is 5.19. The molecule has 14 heavy (non-hydrogen) atoms. The van der Waals surface area contributed by atoms with Crippen LogP contribution in [-0.2, 0) is 4.74 Å². The molecule has 1 N–H and O–H groups in total. The predicted octanol–water partition coefficient (Wildman–Crippen LogP) is 2.19. The van der Waals surface area contributed by atoms with Gasteiger partial charge in [0, 0.05) is 19.3 Å². The van der Waals surface area contributed by atoms with E-state index in [1.807, 2.05) is 0 Å². The first-order chi connectivity index (χ1) is 6.79. The van der Waals surface area contributed by atoms with Crippen LogP contribution >= 0.6 is 0 Å². The molecule has 0 radical (unpaired) electrons. The second-order valence-corrected chi connectivity index (χ2v) is 5.03. The van der Waals surface area contributed by atoms with Gasteiger partial charge in [0.2, 0.25) is 0 Å². The smallest absolute Gasteiger partial charge is 0.0465 e. The SMILES string of the molecule is COCCC(C)C1(C2CC2)CCCN1. The molecule has 2 unspecified atom stereocenters. The van der Waals surface area contributed by atoms with Crippen LogP contribution in [0.4, 0.5) is 0 Å². The number of nitrogens with one attached hydrogen (secondary N) is 1. The van der Waals surface area contributed by atoms with Gasteiger partial charge >= 0.3 is 0 Å². The van der Waals surface area contributed by atoms with E-state index in [0.29, 0.717) is 5.54 Å². The van der Waals surface area contributed by atoms with E-state index in [-0.39, 0.29) is 0 Å². The van der Waals surface area contributed by atoms with Crippen LogP contribution in [0.1, 0.15) is 39.0 Å². The molecule has 0 bridgehead atoms. The fraction of sp³-hybridized carbons (Fsp3) is 1.00. The van der Waals surface area contributed by atoms with Crippen molar-refractivity contribution >= 4 is 0 Å². The molecule has 2 heteroatoms. The highest BCUT2D eigenvalue weighted by molar-refractivity contribution is 5.06. The van der Waals surface area contributed by atoms with E-state index >= 15 is 0 Å². The second-order valence-electron chi connectivity index (χ2n) is 5.03. The maximum absolute atomic E-state index is 5.19. The van der Waals surface area contributed by atoms with E-state index in [9.17, 15) is 0 Å². The summed E-state index contributed by atoms with van der Waals surface area (Å²) in [5.74, 6) is 1.74. The summed E-state index contributed by atoms with van der Waals surface area (Å²) in [5.41, 5.74) is 0.485. The van der Waals surface area contributed by atoms with Crippen molar-refractivity contribution in [1.29, 1.82) is 0 Å². The third kappa shape index (κ3) is 1.82. The van der Waals surface area contributed by atoms with E-state index in [0.717, 1.165) is 18.4 Å². The summed E-state index contributed by atoms with van der Waals surface area (Å²) >= 11 is 0. The molecule has 2 rings (SSSR count). The van der Waals surface area contributed by atoms with Gasteiger partial charge in [-0.3, -0.25) is 0 Å². The largest absolute Gasteiger partial charge is 0.385 e. The minimum Gasteiger partial charge on any atom is -0.385 e. The fourth-order valence-electron chi connectivity index (χ4n) is 3.11. The Kier molecular flexibility index (Phi) is 3.13. The Morgan fingerprint density at radius 2 is 2.29 bits per heavy atom. The van der Waals surface area contributed by atoms with Crippen molar-refractivity contribution in [2.24, 2.45) is 11.8 Å². The molecule has 1 saturated heterocycles. The summed E-state index contributed by atoms with van der Waals surface area (Å²) in [4.78, 5) is 0. The lowest BCUT2D eigenvalue weighted by Crippen LogP contribution is -2.48. The number of rotatable bonds is 5. The Labute approximate surface area is 87.4 Å². The van der Waals surface area contributed by atoms with Gasteiger partial charge in [-0.1, -0.05) is 6.92 Å². The molecular weight excluding hydrogens is 174 g/mol. The van der Waals surface area contributed by atoms with Gasteiger partial charge < -0.3 is 10.1 Å². The maximum atomic E-state index is 5.19.